The standard InChI is InChI=1S/C16H30N6O6/c1-9(24)12(8-23)22-15(28)11(4-3-7-20-16(17)18)21-14(27)10(19-2)5-6-13(25)26/h10-12,19,23H,3-8H2,1-2H3,(H,21,27)(H,22,28)(H,25,26)(H4,17,18,20)/t10-,11-,12-/m0/s1. The van der Waals surface area contributed by atoms with E-state index >= 15 is 0 Å². The number of hydrogen-bond acceptors (Lipinski definition) is 7. The van der Waals surface area contributed by atoms with E-state index < -0.39 is 48.3 Å². The van der Waals surface area contributed by atoms with E-state index in [-0.39, 0.29) is 31.8 Å². The van der Waals surface area contributed by atoms with Crippen LogP contribution >= 0.6 is 0 Å². The first-order valence-electron chi connectivity index (χ1n) is 8.78. The normalized spacial score (nSPS) is 13.7. The number of carbonyl (C=O) groups excluding carboxylic acids is 3. The number of hydrogen-bond donors (Lipinski definition) is 7. The van der Waals surface area contributed by atoms with Gasteiger partial charge in [-0.2, -0.15) is 0 Å². The first kappa shape index (κ1) is 25.3. The van der Waals surface area contributed by atoms with Crippen LogP contribution in [0.3, 0.4) is 0 Å². The number of aliphatic hydroxyl groups excluding tert-OH is 1. The number of ketones is 1. The third kappa shape index (κ3) is 10.4. The van der Waals surface area contributed by atoms with Crippen molar-refractivity contribution in [2.75, 3.05) is 20.2 Å². The summed E-state index contributed by atoms with van der Waals surface area (Å²) < 4.78 is 0. The molecule has 0 aliphatic carbocycles. The molecular formula is C16H30N6O6. The van der Waals surface area contributed by atoms with Crippen LogP contribution in [-0.2, 0) is 19.2 Å². The quantitative estimate of drug-likeness (QED) is 0.0897. The topological polar surface area (TPSA) is 209 Å². The highest BCUT2D eigenvalue weighted by Crippen LogP contribution is 2.03. The molecule has 0 aromatic heterocycles. The summed E-state index contributed by atoms with van der Waals surface area (Å²) in [6.45, 7) is 0.872. The van der Waals surface area contributed by atoms with Crippen molar-refractivity contribution >= 4 is 29.5 Å². The fraction of sp³-hybridized carbons (Fsp3) is 0.688. The lowest BCUT2D eigenvalue weighted by Gasteiger charge is -2.23. The Morgan fingerprint density at radius 3 is 2.04 bits per heavy atom. The number of guanidine groups is 1. The van der Waals surface area contributed by atoms with E-state index in [0.29, 0.717) is 6.42 Å². The number of aliphatic imine (C=N–C) groups is 1. The van der Waals surface area contributed by atoms with Gasteiger partial charge in [0.25, 0.3) is 0 Å². The summed E-state index contributed by atoms with van der Waals surface area (Å²) >= 11 is 0. The van der Waals surface area contributed by atoms with Crippen LogP contribution in [0.25, 0.3) is 0 Å². The summed E-state index contributed by atoms with van der Waals surface area (Å²) in [6.07, 6.45) is 0.336. The van der Waals surface area contributed by atoms with Crippen molar-refractivity contribution in [2.45, 2.75) is 50.7 Å². The highest BCUT2D eigenvalue weighted by atomic mass is 16.4. The zero-order chi connectivity index (χ0) is 21.7. The molecule has 0 unspecified atom stereocenters. The lowest BCUT2D eigenvalue weighted by Crippen LogP contribution is -2.55. The monoisotopic (exact) mass is 402 g/mol. The van der Waals surface area contributed by atoms with Gasteiger partial charge >= 0.3 is 5.97 Å². The Balaban J connectivity index is 5.10. The third-order valence-electron chi connectivity index (χ3n) is 3.88. The molecule has 0 aliphatic rings. The number of amides is 2. The predicted octanol–water partition coefficient (Wildman–Crippen LogP) is -2.96. The molecule has 0 aromatic carbocycles. The van der Waals surface area contributed by atoms with Crippen molar-refractivity contribution in [3.05, 3.63) is 0 Å². The summed E-state index contributed by atoms with van der Waals surface area (Å²) in [5.41, 5.74) is 10.5. The molecule has 0 saturated heterocycles. The van der Waals surface area contributed by atoms with Crippen LogP contribution in [0, 0.1) is 0 Å². The second kappa shape index (κ2) is 13.4. The number of carboxylic acid groups (broad SMARTS) is 1. The van der Waals surface area contributed by atoms with Gasteiger partial charge in [-0.25, -0.2) is 0 Å². The van der Waals surface area contributed by atoms with Crippen LogP contribution in [0.15, 0.2) is 4.99 Å². The minimum Gasteiger partial charge on any atom is -0.481 e. The average Bonchev–Trinajstić information content (AvgIpc) is 2.61. The first-order valence-corrected chi connectivity index (χ1v) is 8.78. The maximum absolute atomic E-state index is 12.5. The summed E-state index contributed by atoms with van der Waals surface area (Å²) in [6, 6.07) is -2.92. The van der Waals surface area contributed by atoms with E-state index in [1.54, 1.807) is 0 Å². The SMILES string of the molecule is CN[C@@H](CCC(=O)O)C(=O)N[C@@H](CCCN=C(N)N)C(=O)N[C@@H](CO)C(C)=O. The van der Waals surface area contributed by atoms with Crippen LogP contribution < -0.4 is 27.4 Å². The molecule has 0 heterocycles. The first-order chi connectivity index (χ1) is 13.1. The summed E-state index contributed by atoms with van der Waals surface area (Å²) in [5, 5.41) is 25.6. The van der Waals surface area contributed by atoms with E-state index in [0.717, 1.165) is 0 Å². The van der Waals surface area contributed by atoms with Crippen molar-refractivity contribution < 1.29 is 29.4 Å². The van der Waals surface area contributed by atoms with Gasteiger partial charge in [0.05, 0.1) is 12.6 Å². The van der Waals surface area contributed by atoms with E-state index in [9.17, 15) is 24.3 Å². The molecule has 0 bridgehead atoms. The van der Waals surface area contributed by atoms with Gasteiger partial charge in [0.15, 0.2) is 11.7 Å². The Labute approximate surface area is 163 Å². The minimum atomic E-state index is -1.09. The van der Waals surface area contributed by atoms with E-state index in [2.05, 4.69) is 20.9 Å². The molecule has 0 spiro atoms. The number of aliphatic hydroxyl groups is 1. The molecular weight excluding hydrogens is 372 g/mol. The largest absolute Gasteiger partial charge is 0.481 e. The Morgan fingerprint density at radius 2 is 1.57 bits per heavy atom. The molecule has 2 amide bonds. The van der Waals surface area contributed by atoms with Crippen molar-refractivity contribution in [3.63, 3.8) is 0 Å². The molecule has 0 saturated carbocycles. The number of aliphatic carboxylic acids is 1. The van der Waals surface area contributed by atoms with E-state index in [1.165, 1.54) is 14.0 Å². The average molecular weight is 402 g/mol. The fourth-order valence-electron chi connectivity index (χ4n) is 2.27. The Hall–Kier alpha value is -2.73. The van der Waals surface area contributed by atoms with Gasteiger partial charge < -0.3 is 37.6 Å². The number of likely N-dealkylation sites (N-methyl/N-ethyl adjacent to an activating group) is 1. The van der Waals surface area contributed by atoms with Gasteiger partial charge in [0.2, 0.25) is 11.8 Å². The van der Waals surface area contributed by atoms with Gasteiger partial charge in [-0.05, 0) is 33.2 Å². The molecule has 0 aromatic rings. The minimum absolute atomic E-state index is 0.0344. The van der Waals surface area contributed by atoms with Gasteiger partial charge in [0.1, 0.15) is 12.1 Å². The highest BCUT2D eigenvalue weighted by molar-refractivity contribution is 5.93. The molecule has 0 aliphatic heterocycles. The Kier molecular flexibility index (Phi) is 12.1. The number of rotatable bonds is 14. The summed E-state index contributed by atoms with van der Waals surface area (Å²) in [5.74, 6) is -2.80. The van der Waals surface area contributed by atoms with Gasteiger partial charge in [0, 0.05) is 13.0 Å². The van der Waals surface area contributed by atoms with Crippen LogP contribution in [0.2, 0.25) is 0 Å². The van der Waals surface area contributed by atoms with Crippen molar-refractivity contribution in [1.82, 2.24) is 16.0 Å². The van der Waals surface area contributed by atoms with E-state index in [4.69, 9.17) is 16.6 Å². The van der Waals surface area contributed by atoms with Crippen LogP contribution in [0.1, 0.15) is 32.6 Å². The molecule has 0 fully saturated rings. The molecule has 12 heteroatoms. The molecule has 0 rings (SSSR count). The predicted molar refractivity (Wildman–Crippen MR) is 101 cm³/mol. The van der Waals surface area contributed by atoms with Gasteiger partial charge in [-0.3, -0.25) is 24.2 Å². The molecule has 12 nitrogen and oxygen atoms in total. The molecule has 3 atom stereocenters. The van der Waals surface area contributed by atoms with E-state index in [1.807, 2.05) is 0 Å². The third-order valence-corrected chi connectivity index (χ3v) is 3.88. The lowest BCUT2D eigenvalue weighted by atomic mass is 10.1. The maximum atomic E-state index is 12.5. The molecule has 28 heavy (non-hydrogen) atoms. The lowest BCUT2D eigenvalue weighted by molar-refractivity contribution is -0.137. The summed E-state index contributed by atoms with van der Waals surface area (Å²) in [4.78, 5) is 50.8. The van der Waals surface area contributed by atoms with Gasteiger partial charge in [-0.15, -0.1) is 0 Å². The molecule has 160 valence electrons. The zero-order valence-electron chi connectivity index (χ0n) is 16.1. The Morgan fingerprint density at radius 1 is 1.00 bits per heavy atom. The Bertz CT molecular complexity index is 578. The van der Waals surface area contributed by atoms with Crippen molar-refractivity contribution in [1.29, 1.82) is 0 Å². The number of carboxylic acids is 1. The second-order valence-electron chi connectivity index (χ2n) is 6.14. The van der Waals surface area contributed by atoms with Crippen molar-refractivity contribution in [3.8, 4) is 0 Å². The fourth-order valence-corrected chi connectivity index (χ4v) is 2.27. The summed E-state index contributed by atoms with van der Waals surface area (Å²) in [7, 11) is 1.50. The van der Waals surface area contributed by atoms with Crippen LogP contribution in [-0.4, -0.2) is 78.1 Å². The zero-order valence-corrected chi connectivity index (χ0v) is 16.1. The van der Waals surface area contributed by atoms with Crippen LogP contribution in [0.4, 0.5) is 0 Å². The number of nitrogens with one attached hydrogen (secondary N) is 3. The number of Topliss-reactive ketones (excluding diaryl/α,β-unsaturated/α-hetero) is 1. The van der Waals surface area contributed by atoms with Crippen molar-refractivity contribution in [2.24, 2.45) is 16.5 Å². The second-order valence-corrected chi connectivity index (χ2v) is 6.14. The van der Waals surface area contributed by atoms with Crippen LogP contribution in [0.5, 0.6) is 0 Å². The number of nitrogens with two attached hydrogens (primary N) is 2. The molecule has 9 N–H and O–H groups in total. The van der Waals surface area contributed by atoms with Gasteiger partial charge in [-0.1, -0.05) is 0 Å². The highest BCUT2D eigenvalue weighted by Gasteiger charge is 2.27. The number of nitrogens with zero attached hydrogens (tertiary/aromatic N) is 1. The maximum Gasteiger partial charge on any atom is 0.303 e. The number of carbonyl (C=O) groups is 4. The smallest absolute Gasteiger partial charge is 0.303 e. The molecule has 0 radical (unpaired) electrons.